The summed E-state index contributed by atoms with van der Waals surface area (Å²) in [6, 6.07) is 8.79. The molecule has 0 N–H and O–H groups in total. The van der Waals surface area contributed by atoms with E-state index in [4.69, 9.17) is 0 Å². The molecule has 0 bridgehead atoms. The van der Waals surface area contributed by atoms with E-state index in [0.717, 1.165) is 6.42 Å². The number of allylic oxidation sites excluding steroid dienone is 12. The van der Waals surface area contributed by atoms with E-state index in [9.17, 15) is 0 Å². The molecule has 1 aromatic carbocycles. The molecule has 0 heterocycles. The molecule has 0 spiro atoms. The van der Waals surface area contributed by atoms with Crippen LogP contribution < -0.4 is 0 Å². The highest BCUT2D eigenvalue weighted by molar-refractivity contribution is 5.89. The zero-order chi connectivity index (χ0) is 13.4. The Labute approximate surface area is 119 Å². The molecule has 3 aliphatic rings. The predicted octanol–water partition coefficient (Wildman–Crippen LogP) is 5.11. The first-order valence-corrected chi connectivity index (χ1v) is 7.17. The van der Waals surface area contributed by atoms with Gasteiger partial charge in [0.1, 0.15) is 0 Å². The summed E-state index contributed by atoms with van der Waals surface area (Å²) in [5.41, 5.74) is 6.97. The molecule has 1 aromatic rings. The maximum absolute atomic E-state index is 2.36. The Hall–Kier alpha value is -2.34. The second-order valence-corrected chi connectivity index (χ2v) is 5.32. The average Bonchev–Trinajstić information content (AvgIpc) is 2.72. The van der Waals surface area contributed by atoms with E-state index in [1.165, 1.54) is 27.8 Å². The first-order chi connectivity index (χ1) is 9.95. The zero-order valence-electron chi connectivity index (χ0n) is 11.3. The van der Waals surface area contributed by atoms with Crippen molar-refractivity contribution in [3.63, 3.8) is 0 Å². The largest absolute Gasteiger partial charge is 0.0838 e. The number of rotatable bonds is 0. The van der Waals surface area contributed by atoms with Crippen LogP contribution in [0.2, 0.25) is 0 Å². The highest BCUT2D eigenvalue weighted by Gasteiger charge is 2.29. The highest BCUT2D eigenvalue weighted by Crippen LogP contribution is 2.47. The number of hydrogen-bond acceptors (Lipinski definition) is 0. The van der Waals surface area contributed by atoms with E-state index in [1.54, 1.807) is 0 Å². The summed E-state index contributed by atoms with van der Waals surface area (Å²) in [5, 5.41) is 0. The third kappa shape index (κ3) is 1.69. The standard InChI is InChI=1S/C20H16/c1-3-9-15-10-4-2-6-14-19-17-12-8-7-11-16(17)18(13-5-1)20(15)19/h1,3-14,19H,2H2/b3-1-,5-1?,9-3?,10-4-,13-5-,14-6-,15-9-,18-13?,20-15?. The third-order valence-corrected chi connectivity index (χ3v) is 4.16. The van der Waals surface area contributed by atoms with E-state index in [0.29, 0.717) is 5.92 Å². The van der Waals surface area contributed by atoms with Gasteiger partial charge in [-0.05, 0) is 34.3 Å². The zero-order valence-corrected chi connectivity index (χ0v) is 11.3. The van der Waals surface area contributed by atoms with E-state index in [1.807, 2.05) is 0 Å². The van der Waals surface area contributed by atoms with E-state index in [2.05, 4.69) is 78.9 Å². The maximum atomic E-state index is 2.36. The fraction of sp³-hybridized carbons (Fsp3) is 0.100. The molecule has 1 atom stereocenters. The Morgan fingerprint density at radius 2 is 1.85 bits per heavy atom. The monoisotopic (exact) mass is 256 g/mol. The van der Waals surface area contributed by atoms with E-state index in [-0.39, 0.29) is 0 Å². The van der Waals surface area contributed by atoms with Gasteiger partial charge < -0.3 is 0 Å². The lowest BCUT2D eigenvalue weighted by molar-refractivity contribution is 1.03. The van der Waals surface area contributed by atoms with Gasteiger partial charge in [0, 0.05) is 5.92 Å². The summed E-state index contributed by atoms with van der Waals surface area (Å²) in [5.74, 6) is 0.397. The van der Waals surface area contributed by atoms with Gasteiger partial charge in [-0.1, -0.05) is 78.9 Å². The summed E-state index contributed by atoms with van der Waals surface area (Å²) < 4.78 is 0. The third-order valence-electron chi connectivity index (χ3n) is 4.16. The van der Waals surface area contributed by atoms with Crippen LogP contribution in [-0.4, -0.2) is 0 Å². The predicted molar refractivity (Wildman–Crippen MR) is 85.4 cm³/mol. The SMILES string of the molecule is C1=C\C=C2\C=C/C/C=C\C3C2=C(\C=C/1)c1ccccc13. The van der Waals surface area contributed by atoms with Gasteiger partial charge in [0.25, 0.3) is 0 Å². The first kappa shape index (κ1) is 11.5. The number of fused-ring (bicyclic) bond motifs is 3. The van der Waals surface area contributed by atoms with Crippen molar-refractivity contribution in [3.05, 3.63) is 101 Å². The normalized spacial score (nSPS) is 31.6. The molecule has 96 valence electrons. The second-order valence-electron chi connectivity index (χ2n) is 5.32. The van der Waals surface area contributed by atoms with Gasteiger partial charge in [0.05, 0.1) is 0 Å². The molecule has 3 aliphatic carbocycles. The fourth-order valence-electron chi connectivity index (χ4n) is 3.29. The van der Waals surface area contributed by atoms with Crippen LogP contribution in [0.4, 0.5) is 0 Å². The summed E-state index contributed by atoms with van der Waals surface area (Å²) in [7, 11) is 0. The Bertz CT molecular complexity index is 733. The molecule has 0 radical (unpaired) electrons. The minimum atomic E-state index is 0.397. The van der Waals surface area contributed by atoms with Crippen molar-refractivity contribution in [3.8, 4) is 0 Å². The lowest BCUT2D eigenvalue weighted by Gasteiger charge is -2.16. The van der Waals surface area contributed by atoms with Gasteiger partial charge in [0.15, 0.2) is 0 Å². The van der Waals surface area contributed by atoms with Crippen molar-refractivity contribution in [1.29, 1.82) is 0 Å². The van der Waals surface area contributed by atoms with E-state index < -0.39 is 0 Å². The quantitative estimate of drug-likeness (QED) is 0.566. The molecule has 0 amide bonds. The molecule has 20 heavy (non-hydrogen) atoms. The molecule has 4 rings (SSSR count). The van der Waals surface area contributed by atoms with Crippen molar-refractivity contribution >= 4 is 5.57 Å². The van der Waals surface area contributed by atoms with Crippen LogP contribution in [0.1, 0.15) is 23.5 Å². The van der Waals surface area contributed by atoms with Crippen LogP contribution in [0.3, 0.4) is 0 Å². The molecule has 0 saturated heterocycles. The van der Waals surface area contributed by atoms with Crippen molar-refractivity contribution in [2.75, 3.05) is 0 Å². The minimum Gasteiger partial charge on any atom is -0.0838 e. The molecule has 1 unspecified atom stereocenters. The van der Waals surface area contributed by atoms with Crippen LogP contribution in [0.25, 0.3) is 5.57 Å². The molecule has 0 aromatic heterocycles. The molecule has 0 saturated carbocycles. The fourth-order valence-corrected chi connectivity index (χ4v) is 3.29. The van der Waals surface area contributed by atoms with Crippen molar-refractivity contribution in [2.24, 2.45) is 0 Å². The Morgan fingerprint density at radius 3 is 2.85 bits per heavy atom. The summed E-state index contributed by atoms with van der Waals surface area (Å²) in [6.07, 6.45) is 21.0. The van der Waals surface area contributed by atoms with Gasteiger partial charge >= 0.3 is 0 Å². The second kappa shape index (κ2) is 4.64. The maximum Gasteiger partial charge on any atom is 0.0287 e. The smallest absolute Gasteiger partial charge is 0.0287 e. The van der Waals surface area contributed by atoms with Crippen LogP contribution >= 0.6 is 0 Å². The van der Waals surface area contributed by atoms with Gasteiger partial charge in [-0.15, -0.1) is 0 Å². The average molecular weight is 256 g/mol. The summed E-state index contributed by atoms with van der Waals surface area (Å²) >= 11 is 0. The minimum absolute atomic E-state index is 0.397. The van der Waals surface area contributed by atoms with Crippen LogP contribution in [-0.2, 0) is 0 Å². The molecule has 0 heteroatoms. The van der Waals surface area contributed by atoms with Gasteiger partial charge in [-0.3, -0.25) is 0 Å². The summed E-state index contributed by atoms with van der Waals surface area (Å²) in [4.78, 5) is 0. The van der Waals surface area contributed by atoms with Gasteiger partial charge in [0.2, 0.25) is 0 Å². The topological polar surface area (TPSA) is 0 Å². The Balaban J connectivity index is 2.03. The van der Waals surface area contributed by atoms with Gasteiger partial charge in [-0.2, -0.15) is 0 Å². The first-order valence-electron chi connectivity index (χ1n) is 7.17. The Morgan fingerprint density at radius 1 is 0.900 bits per heavy atom. The van der Waals surface area contributed by atoms with Gasteiger partial charge in [-0.25, -0.2) is 0 Å². The highest BCUT2D eigenvalue weighted by atomic mass is 14.3. The molecular formula is C20H16. The van der Waals surface area contributed by atoms with Crippen LogP contribution in [0.5, 0.6) is 0 Å². The molecular weight excluding hydrogens is 240 g/mol. The summed E-state index contributed by atoms with van der Waals surface area (Å²) in [6.45, 7) is 0. The Kier molecular flexibility index (Phi) is 2.67. The molecule has 0 aliphatic heterocycles. The lowest BCUT2D eigenvalue weighted by atomic mass is 9.87. The van der Waals surface area contributed by atoms with Crippen LogP contribution in [0, 0.1) is 0 Å². The van der Waals surface area contributed by atoms with Crippen molar-refractivity contribution in [2.45, 2.75) is 12.3 Å². The molecule has 0 nitrogen and oxygen atoms in total. The van der Waals surface area contributed by atoms with E-state index >= 15 is 0 Å². The number of hydrogen-bond donors (Lipinski definition) is 0. The number of benzene rings is 1. The van der Waals surface area contributed by atoms with Crippen LogP contribution in [0.15, 0.2) is 90.1 Å². The van der Waals surface area contributed by atoms with Crippen molar-refractivity contribution in [1.82, 2.24) is 0 Å². The van der Waals surface area contributed by atoms with Crippen molar-refractivity contribution < 1.29 is 0 Å². The lowest BCUT2D eigenvalue weighted by Crippen LogP contribution is -1.99. The molecule has 0 fully saturated rings.